The van der Waals surface area contributed by atoms with Crippen molar-refractivity contribution >= 4 is 35.0 Å². The van der Waals surface area contributed by atoms with Gasteiger partial charge in [-0.05, 0) is 61.4 Å². The van der Waals surface area contributed by atoms with Crippen molar-refractivity contribution in [1.29, 1.82) is 0 Å². The van der Waals surface area contributed by atoms with Crippen LogP contribution in [-0.2, 0) is 22.6 Å². The van der Waals surface area contributed by atoms with Crippen molar-refractivity contribution in [1.82, 2.24) is 14.8 Å². The molecular formula is C24H27N5O3S. The van der Waals surface area contributed by atoms with Gasteiger partial charge in [0, 0.05) is 17.9 Å². The van der Waals surface area contributed by atoms with E-state index in [1.807, 2.05) is 32.0 Å². The lowest BCUT2D eigenvalue weighted by molar-refractivity contribution is -0.116. The Hall–Kier alpha value is -3.59. The molecular weight excluding hydrogens is 438 g/mol. The van der Waals surface area contributed by atoms with Crippen LogP contribution in [0.3, 0.4) is 0 Å². The summed E-state index contributed by atoms with van der Waals surface area (Å²) in [7, 11) is 1.59. The molecule has 2 amide bonds. The average molecular weight is 466 g/mol. The first-order chi connectivity index (χ1) is 15.9. The number of rotatable bonds is 10. The van der Waals surface area contributed by atoms with Gasteiger partial charge in [-0.2, -0.15) is 0 Å². The van der Waals surface area contributed by atoms with Gasteiger partial charge in [0.1, 0.15) is 11.6 Å². The molecule has 0 spiro atoms. The number of ether oxygens (including phenoxy) is 1. The Kier molecular flexibility index (Phi) is 8.26. The highest BCUT2D eigenvalue weighted by Crippen LogP contribution is 2.20. The van der Waals surface area contributed by atoms with Crippen molar-refractivity contribution in [3.8, 4) is 5.75 Å². The number of nitrogens with one attached hydrogen (secondary N) is 2. The Morgan fingerprint density at radius 2 is 1.73 bits per heavy atom. The number of methoxy groups -OCH3 is 1. The number of carbonyl (C=O) groups excluding carboxylic acids is 2. The van der Waals surface area contributed by atoms with Gasteiger partial charge < -0.3 is 19.9 Å². The zero-order valence-electron chi connectivity index (χ0n) is 18.9. The molecule has 2 N–H and O–H groups in total. The average Bonchev–Trinajstić information content (AvgIpc) is 3.16. The van der Waals surface area contributed by atoms with Crippen LogP contribution < -0.4 is 15.4 Å². The second-order valence-corrected chi connectivity index (χ2v) is 8.33. The molecule has 1 heterocycles. The van der Waals surface area contributed by atoms with E-state index in [1.54, 1.807) is 42.0 Å². The van der Waals surface area contributed by atoms with Crippen molar-refractivity contribution in [3.63, 3.8) is 0 Å². The normalized spacial score (nSPS) is 10.5. The zero-order valence-corrected chi connectivity index (χ0v) is 19.7. The standard InChI is InChI=1S/C24H27N5O3S/c1-5-12-29-21(14-22(30)26-19-7-6-16(2)17(3)13-19)27-28-24(29)33-15-23(31)25-18-8-10-20(32-4)11-9-18/h5-11,13H,1,12,14-15H2,2-4H3,(H,25,31)(H,26,30). The van der Waals surface area contributed by atoms with Gasteiger partial charge in [0.25, 0.3) is 0 Å². The van der Waals surface area contributed by atoms with Crippen molar-refractivity contribution < 1.29 is 14.3 Å². The van der Waals surface area contributed by atoms with Crippen LogP contribution in [-0.4, -0.2) is 39.4 Å². The third-order valence-corrected chi connectivity index (χ3v) is 5.89. The fourth-order valence-corrected chi connectivity index (χ4v) is 3.81. The van der Waals surface area contributed by atoms with Crippen LogP contribution in [0.1, 0.15) is 17.0 Å². The molecule has 0 bridgehead atoms. The third kappa shape index (κ3) is 6.69. The first-order valence-electron chi connectivity index (χ1n) is 10.4. The van der Waals surface area contributed by atoms with Crippen molar-refractivity contribution in [3.05, 3.63) is 72.1 Å². The maximum Gasteiger partial charge on any atom is 0.234 e. The van der Waals surface area contributed by atoms with Gasteiger partial charge in [0.2, 0.25) is 11.8 Å². The molecule has 9 heteroatoms. The zero-order chi connectivity index (χ0) is 23.8. The molecule has 0 aliphatic heterocycles. The summed E-state index contributed by atoms with van der Waals surface area (Å²) in [5.41, 5.74) is 3.69. The van der Waals surface area contributed by atoms with Gasteiger partial charge in [-0.3, -0.25) is 9.59 Å². The number of aromatic nitrogens is 3. The molecule has 0 atom stereocenters. The molecule has 2 aromatic carbocycles. The minimum Gasteiger partial charge on any atom is -0.497 e. The summed E-state index contributed by atoms with van der Waals surface area (Å²) in [6.45, 7) is 8.23. The maximum atomic E-state index is 12.6. The molecule has 0 aliphatic carbocycles. The lowest BCUT2D eigenvalue weighted by Crippen LogP contribution is -2.18. The molecule has 0 saturated carbocycles. The van der Waals surface area contributed by atoms with Crippen LogP contribution in [0.15, 0.2) is 60.3 Å². The van der Waals surface area contributed by atoms with E-state index >= 15 is 0 Å². The minimum absolute atomic E-state index is 0.0619. The topological polar surface area (TPSA) is 98.1 Å². The second-order valence-electron chi connectivity index (χ2n) is 7.39. The molecule has 0 fully saturated rings. The summed E-state index contributed by atoms with van der Waals surface area (Å²) in [6.07, 6.45) is 1.77. The predicted molar refractivity (Wildman–Crippen MR) is 131 cm³/mol. The Bertz CT molecular complexity index is 1140. The van der Waals surface area contributed by atoms with Crippen LogP contribution in [0.4, 0.5) is 11.4 Å². The number of hydrogen-bond acceptors (Lipinski definition) is 6. The molecule has 3 aromatic rings. The van der Waals surface area contributed by atoms with Gasteiger partial charge in [0.15, 0.2) is 5.16 Å². The largest absolute Gasteiger partial charge is 0.497 e. The van der Waals surface area contributed by atoms with E-state index in [2.05, 4.69) is 27.4 Å². The number of amides is 2. The lowest BCUT2D eigenvalue weighted by Gasteiger charge is -2.10. The summed E-state index contributed by atoms with van der Waals surface area (Å²) in [5.74, 6) is 1.01. The quantitative estimate of drug-likeness (QED) is 0.347. The highest BCUT2D eigenvalue weighted by Gasteiger charge is 2.16. The fraction of sp³-hybridized carbons (Fsp3) is 0.250. The van der Waals surface area contributed by atoms with Crippen LogP contribution in [0.2, 0.25) is 0 Å². The van der Waals surface area contributed by atoms with E-state index in [9.17, 15) is 9.59 Å². The monoisotopic (exact) mass is 465 g/mol. The summed E-state index contributed by atoms with van der Waals surface area (Å²) in [4.78, 5) is 24.9. The van der Waals surface area contributed by atoms with Gasteiger partial charge in [-0.1, -0.05) is 23.9 Å². The van der Waals surface area contributed by atoms with Crippen LogP contribution in [0, 0.1) is 13.8 Å². The summed E-state index contributed by atoms with van der Waals surface area (Å²) >= 11 is 1.25. The predicted octanol–water partition coefficient (Wildman–Crippen LogP) is 4.00. The summed E-state index contributed by atoms with van der Waals surface area (Å²) in [5, 5.41) is 14.6. The van der Waals surface area contributed by atoms with Gasteiger partial charge in [-0.15, -0.1) is 16.8 Å². The number of benzene rings is 2. The van der Waals surface area contributed by atoms with Crippen molar-refractivity contribution in [2.24, 2.45) is 0 Å². The summed E-state index contributed by atoms with van der Waals surface area (Å²) in [6, 6.07) is 12.9. The molecule has 1 aromatic heterocycles. The molecule has 33 heavy (non-hydrogen) atoms. The number of carbonyl (C=O) groups is 2. The number of allylic oxidation sites excluding steroid dienone is 1. The van der Waals surface area contributed by atoms with Gasteiger partial charge in [0.05, 0.1) is 19.3 Å². The smallest absolute Gasteiger partial charge is 0.234 e. The second kappa shape index (κ2) is 11.3. The third-order valence-electron chi connectivity index (χ3n) is 4.92. The Morgan fingerprint density at radius 1 is 1.03 bits per heavy atom. The molecule has 172 valence electrons. The van der Waals surface area contributed by atoms with E-state index in [4.69, 9.17) is 4.74 Å². The number of thioether (sulfide) groups is 1. The molecule has 0 radical (unpaired) electrons. The van der Waals surface area contributed by atoms with E-state index in [1.165, 1.54) is 11.8 Å². The molecule has 0 saturated heterocycles. The van der Waals surface area contributed by atoms with Crippen LogP contribution in [0.5, 0.6) is 5.75 Å². The van der Waals surface area contributed by atoms with E-state index in [-0.39, 0.29) is 24.0 Å². The molecule has 3 rings (SSSR count). The Balaban J connectivity index is 1.60. The van der Waals surface area contributed by atoms with Gasteiger partial charge >= 0.3 is 0 Å². The van der Waals surface area contributed by atoms with E-state index < -0.39 is 0 Å². The molecule has 0 aliphatic rings. The minimum atomic E-state index is -0.190. The molecule has 8 nitrogen and oxygen atoms in total. The van der Waals surface area contributed by atoms with Crippen molar-refractivity contribution in [2.75, 3.05) is 23.5 Å². The highest BCUT2D eigenvalue weighted by atomic mass is 32.2. The first-order valence-corrected chi connectivity index (χ1v) is 11.3. The number of nitrogens with zero attached hydrogens (tertiary/aromatic N) is 3. The lowest BCUT2D eigenvalue weighted by atomic mass is 10.1. The first kappa shape index (κ1) is 24.1. The Morgan fingerprint density at radius 3 is 2.39 bits per heavy atom. The summed E-state index contributed by atoms with van der Waals surface area (Å²) < 4.78 is 6.91. The highest BCUT2D eigenvalue weighted by molar-refractivity contribution is 7.99. The Labute approximate surface area is 197 Å². The van der Waals surface area contributed by atoms with Crippen LogP contribution >= 0.6 is 11.8 Å². The van der Waals surface area contributed by atoms with Crippen LogP contribution in [0.25, 0.3) is 0 Å². The number of hydrogen-bond donors (Lipinski definition) is 2. The van der Waals surface area contributed by atoms with Crippen molar-refractivity contribution in [2.45, 2.75) is 32.0 Å². The maximum absolute atomic E-state index is 12.6. The van der Waals surface area contributed by atoms with Gasteiger partial charge in [-0.25, -0.2) is 0 Å². The number of aryl methyl sites for hydroxylation is 2. The fourth-order valence-electron chi connectivity index (χ4n) is 3.04. The van der Waals surface area contributed by atoms with E-state index in [0.29, 0.717) is 29.0 Å². The molecule has 0 unspecified atom stereocenters. The van der Waals surface area contributed by atoms with E-state index in [0.717, 1.165) is 16.8 Å². The SMILES string of the molecule is C=CCn1c(CC(=O)Nc2ccc(C)c(C)c2)nnc1SCC(=O)Nc1ccc(OC)cc1. The number of anilines is 2.